The number of hydrogen-bond donors (Lipinski definition) is 1. The maximum Gasteiger partial charge on any atom is -0.00713 e. The Hall–Kier alpha value is -0.820. The van der Waals surface area contributed by atoms with Gasteiger partial charge in [-0.25, -0.2) is 0 Å². The fraction of sp³-hybridized carbons (Fsp3) is 0.600. The van der Waals surface area contributed by atoms with Crippen molar-refractivity contribution in [1.29, 1.82) is 0 Å². The number of hydrogen-bond acceptors (Lipinski definition) is 1. The Balaban J connectivity index is 2.05. The minimum Gasteiger partial charge on any atom is -0.330 e. The molecule has 2 rings (SSSR count). The minimum absolute atomic E-state index is 0.723. The average Bonchev–Trinajstić information content (AvgIpc) is 3.12. The maximum absolute atomic E-state index is 5.71. The first-order valence-corrected chi connectivity index (χ1v) is 6.64. The van der Waals surface area contributed by atoms with Crippen LogP contribution in [0, 0.1) is 5.92 Å². The Morgan fingerprint density at radius 1 is 1.25 bits per heavy atom. The zero-order valence-corrected chi connectivity index (χ0v) is 10.3. The lowest BCUT2D eigenvalue weighted by Crippen LogP contribution is -2.09. The zero-order valence-electron chi connectivity index (χ0n) is 10.3. The van der Waals surface area contributed by atoms with Gasteiger partial charge in [0.2, 0.25) is 0 Å². The minimum atomic E-state index is 0.723. The Kier molecular flexibility index (Phi) is 4.00. The second-order valence-electron chi connectivity index (χ2n) is 5.01. The monoisotopic (exact) mass is 217 g/mol. The molecule has 88 valence electrons. The molecule has 0 aliphatic heterocycles. The third kappa shape index (κ3) is 2.85. The van der Waals surface area contributed by atoms with Crippen LogP contribution in [0.3, 0.4) is 0 Å². The summed E-state index contributed by atoms with van der Waals surface area (Å²) in [5, 5.41) is 0. The molecular weight excluding hydrogens is 194 g/mol. The third-order valence-electron chi connectivity index (χ3n) is 3.62. The van der Waals surface area contributed by atoms with E-state index in [9.17, 15) is 0 Å². The van der Waals surface area contributed by atoms with Crippen molar-refractivity contribution in [3.63, 3.8) is 0 Å². The Morgan fingerprint density at radius 3 is 2.44 bits per heavy atom. The predicted octanol–water partition coefficient (Wildman–Crippen LogP) is 3.48. The molecule has 0 bridgehead atoms. The normalized spacial score (nSPS) is 17.4. The second kappa shape index (κ2) is 5.49. The van der Waals surface area contributed by atoms with E-state index >= 15 is 0 Å². The third-order valence-corrected chi connectivity index (χ3v) is 3.62. The fourth-order valence-electron chi connectivity index (χ4n) is 2.57. The summed E-state index contributed by atoms with van der Waals surface area (Å²) in [7, 11) is 0. The van der Waals surface area contributed by atoms with Crippen LogP contribution in [0.2, 0.25) is 0 Å². The summed E-state index contributed by atoms with van der Waals surface area (Å²) >= 11 is 0. The summed E-state index contributed by atoms with van der Waals surface area (Å²) in [4.78, 5) is 0. The van der Waals surface area contributed by atoms with Gasteiger partial charge in [0.1, 0.15) is 0 Å². The summed E-state index contributed by atoms with van der Waals surface area (Å²) in [5.41, 5.74) is 8.68. The van der Waals surface area contributed by atoms with E-state index in [-0.39, 0.29) is 0 Å². The van der Waals surface area contributed by atoms with Gasteiger partial charge < -0.3 is 5.73 Å². The summed E-state index contributed by atoms with van der Waals surface area (Å²) < 4.78 is 0. The Morgan fingerprint density at radius 2 is 1.94 bits per heavy atom. The van der Waals surface area contributed by atoms with E-state index in [2.05, 4.69) is 31.2 Å². The first-order valence-electron chi connectivity index (χ1n) is 6.64. The smallest absolute Gasteiger partial charge is 0.00713 e. The van der Waals surface area contributed by atoms with Gasteiger partial charge >= 0.3 is 0 Å². The van der Waals surface area contributed by atoms with Crippen molar-refractivity contribution in [3.05, 3.63) is 35.4 Å². The van der Waals surface area contributed by atoms with Crippen molar-refractivity contribution >= 4 is 0 Å². The lowest BCUT2D eigenvalue weighted by Gasteiger charge is -2.16. The fourth-order valence-corrected chi connectivity index (χ4v) is 2.57. The Bertz CT molecular complexity index is 311. The van der Waals surface area contributed by atoms with E-state index in [1.807, 2.05) is 0 Å². The van der Waals surface area contributed by atoms with Crippen LogP contribution in [0.15, 0.2) is 24.3 Å². The number of benzene rings is 1. The highest BCUT2D eigenvalue weighted by Crippen LogP contribution is 2.44. The van der Waals surface area contributed by atoms with Gasteiger partial charge in [-0.15, -0.1) is 0 Å². The van der Waals surface area contributed by atoms with Crippen molar-refractivity contribution in [3.8, 4) is 0 Å². The standard InChI is InChI=1S/C15H23N/c1-2-3-12-4-6-13(7-5-12)15(10-11-16)14-8-9-14/h4-7,14-15H,2-3,8-11,16H2,1H3. The van der Waals surface area contributed by atoms with Gasteiger partial charge in [0, 0.05) is 0 Å². The first kappa shape index (κ1) is 11.7. The quantitative estimate of drug-likeness (QED) is 0.775. The lowest BCUT2D eigenvalue weighted by atomic mass is 9.90. The van der Waals surface area contributed by atoms with Crippen molar-refractivity contribution < 1.29 is 0 Å². The lowest BCUT2D eigenvalue weighted by molar-refractivity contribution is 0.565. The van der Waals surface area contributed by atoms with Crippen molar-refractivity contribution in [2.45, 2.75) is 44.9 Å². The molecule has 1 unspecified atom stereocenters. The van der Waals surface area contributed by atoms with E-state index in [0.717, 1.165) is 24.8 Å². The van der Waals surface area contributed by atoms with E-state index in [1.54, 1.807) is 0 Å². The highest BCUT2D eigenvalue weighted by atomic mass is 14.5. The van der Waals surface area contributed by atoms with Crippen LogP contribution in [0.1, 0.15) is 49.7 Å². The molecule has 1 aromatic carbocycles. The first-order chi connectivity index (χ1) is 7.85. The summed E-state index contributed by atoms with van der Waals surface area (Å²) in [6.07, 6.45) is 6.39. The molecular formula is C15H23N. The molecule has 1 aromatic rings. The van der Waals surface area contributed by atoms with E-state index in [1.165, 1.54) is 36.8 Å². The van der Waals surface area contributed by atoms with Gasteiger partial charge in [-0.3, -0.25) is 0 Å². The number of rotatable bonds is 6. The molecule has 1 fully saturated rings. The molecule has 0 aromatic heterocycles. The van der Waals surface area contributed by atoms with Crippen LogP contribution >= 0.6 is 0 Å². The van der Waals surface area contributed by atoms with Crippen LogP contribution in [0.25, 0.3) is 0 Å². The van der Waals surface area contributed by atoms with E-state index in [0.29, 0.717) is 0 Å². The Labute approximate surface area is 99.0 Å². The van der Waals surface area contributed by atoms with Crippen molar-refractivity contribution in [2.75, 3.05) is 6.54 Å². The van der Waals surface area contributed by atoms with Gasteiger partial charge in [-0.1, -0.05) is 37.6 Å². The highest BCUT2D eigenvalue weighted by molar-refractivity contribution is 5.27. The van der Waals surface area contributed by atoms with Crippen LogP contribution in [0.5, 0.6) is 0 Å². The van der Waals surface area contributed by atoms with Gasteiger partial charge in [-0.05, 0) is 55.2 Å². The van der Waals surface area contributed by atoms with E-state index in [4.69, 9.17) is 5.73 Å². The van der Waals surface area contributed by atoms with E-state index < -0.39 is 0 Å². The SMILES string of the molecule is CCCc1ccc(C(CCN)C2CC2)cc1. The maximum atomic E-state index is 5.71. The molecule has 1 atom stereocenters. The molecule has 16 heavy (non-hydrogen) atoms. The molecule has 0 amide bonds. The van der Waals surface area contributed by atoms with Crippen LogP contribution in [0.4, 0.5) is 0 Å². The molecule has 0 heterocycles. The summed E-state index contributed by atoms with van der Waals surface area (Å²) in [5.74, 6) is 1.64. The molecule has 0 radical (unpaired) electrons. The van der Waals surface area contributed by atoms with Crippen LogP contribution < -0.4 is 5.73 Å². The highest BCUT2D eigenvalue weighted by Gasteiger charge is 2.31. The van der Waals surface area contributed by atoms with Gasteiger partial charge in [0.15, 0.2) is 0 Å². The van der Waals surface area contributed by atoms with Crippen molar-refractivity contribution in [1.82, 2.24) is 0 Å². The van der Waals surface area contributed by atoms with Crippen molar-refractivity contribution in [2.24, 2.45) is 11.7 Å². The summed E-state index contributed by atoms with van der Waals surface area (Å²) in [6, 6.07) is 9.24. The molecule has 2 N–H and O–H groups in total. The molecule has 0 saturated heterocycles. The molecule has 1 saturated carbocycles. The van der Waals surface area contributed by atoms with Gasteiger partial charge in [0.25, 0.3) is 0 Å². The summed E-state index contributed by atoms with van der Waals surface area (Å²) in [6.45, 7) is 3.05. The largest absolute Gasteiger partial charge is 0.330 e. The molecule has 0 spiro atoms. The molecule has 1 nitrogen and oxygen atoms in total. The van der Waals surface area contributed by atoms with Gasteiger partial charge in [0.05, 0.1) is 0 Å². The average molecular weight is 217 g/mol. The topological polar surface area (TPSA) is 26.0 Å². The molecule has 1 heteroatoms. The molecule has 1 aliphatic carbocycles. The zero-order chi connectivity index (χ0) is 11.4. The molecule has 1 aliphatic rings. The van der Waals surface area contributed by atoms with Crippen LogP contribution in [-0.4, -0.2) is 6.54 Å². The number of nitrogens with two attached hydrogens (primary N) is 1. The van der Waals surface area contributed by atoms with Gasteiger partial charge in [-0.2, -0.15) is 0 Å². The predicted molar refractivity (Wildman–Crippen MR) is 69.6 cm³/mol. The van der Waals surface area contributed by atoms with Crippen LogP contribution in [-0.2, 0) is 6.42 Å². The number of aryl methyl sites for hydroxylation is 1. The second-order valence-corrected chi connectivity index (χ2v) is 5.01.